The molecule has 2 rings (SSSR count). The first-order chi connectivity index (χ1) is 6.89. The highest BCUT2D eigenvalue weighted by molar-refractivity contribution is 9.10. The molecular weight excluding hydrogens is 257 g/mol. The fourth-order valence-corrected chi connectivity index (χ4v) is 2.47. The van der Waals surface area contributed by atoms with Gasteiger partial charge in [-0.25, -0.2) is 4.39 Å². The van der Waals surface area contributed by atoms with E-state index < -0.39 is 0 Å². The first-order valence-corrected chi connectivity index (χ1v) is 5.94. The number of rotatable bonds is 0. The molecule has 15 heavy (non-hydrogen) atoms. The highest BCUT2D eigenvalue weighted by atomic mass is 79.9. The van der Waals surface area contributed by atoms with E-state index in [2.05, 4.69) is 41.6 Å². The first kappa shape index (κ1) is 10.9. The zero-order valence-corrected chi connectivity index (χ0v) is 10.9. The normalized spacial score (nSPS) is 15.7. The smallest absolute Gasteiger partial charge is 0.139 e. The molecule has 0 aromatic heterocycles. The first-order valence-electron chi connectivity index (χ1n) is 5.15. The summed E-state index contributed by atoms with van der Waals surface area (Å²) < 4.78 is 14.0. The Bertz CT molecular complexity index is 395. The number of anilines is 1. The molecule has 0 atom stereocenters. The molecule has 0 aliphatic carbocycles. The van der Waals surface area contributed by atoms with Gasteiger partial charge in [-0.3, -0.25) is 0 Å². The van der Waals surface area contributed by atoms with Gasteiger partial charge in [0.05, 0.1) is 4.47 Å². The molecule has 0 unspecified atom stereocenters. The number of fused-ring (bicyclic) bond motifs is 1. The lowest BCUT2D eigenvalue weighted by molar-refractivity contribution is 0.517. The maximum absolute atomic E-state index is 13.5. The average molecular weight is 272 g/mol. The van der Waals surface area contributed by atoms with E-state index >= 15 is 0 Å². The van der Waals surface area contributed by atoms with Gasteiger partial charge in [0.1, 0.15) is 5.82 Å². The fraction of sp³-hybridized carbons (Fsp3) is 0.500. The van der Waals surface area contributed by atoms with Crippen LogP contribution in [0.3, 0.4) is 0 Å². The fourth-order valence-electron chi connectivity index (χ4n) is 2.08. The quantitative estimate of drug-likeness (QED) is 0.695. The van der Waals surface area contributed by atoms with Crippen LogP contribution in [0.15, 0.2) is 16.6 Å². The molecule has 0 fully saturated rings. The van der Waals surface area contributed by atoms with Crippen molar-refractivity contribution in [1.29, 1.82) is 0 Å². The second kappa shape index (κ2) is 3.48. The third-order valence-electron chi connectivity index (χ3n) is 2.83. The van der Waals surface area contributed by atoms with Crippen LogP contribution in [-0.2, 0) is 6.42 Å². The van der Waals surface area contributed by atoms with Gasteiger partial charge in [-0.1, -0.05) is 0 Å². The van der Waals surface area contributed by atoms with Crippen LogP contribution >= 0.6 is 15.9 Å². The topological polar surface area (TPSA) is 3.24 Å². The zero-order chi connectivity index (χ0) is 11.2. The molecule has 1 nitrogen and oxygen atoms in total. The molecule has 1 aliphatic heterocycles. The van der Waals surface area contributed by atoms with Crippen LogP contribution in [-0.4, -0.2) is 12.1 Å². The molecule has 82 valence electrons. The van der Waals surface area contributed by atoms with E-state index in [1.54, 1.807) is 6.07 Å². The summed E-state index contributed by atoms with van der Waals surface area (Å²) in [4.78, 5) is 2.26. The number of hydrogen-bond acceptors (Lipinski definition) is 1. The highest BCUT2D eigenvalue weighted by Crippen LogP contribution is 2.36. The van der Waals surface area contributed by atoms with Crippen molar-refractivity contribution in [3.05, 3.63) is 28.0 Å². The van der Waals surface area contributed by atoms with Gasteiger partial charge in [0.25, 0.3) is 0 Å². The zero-order valence-electron chi connectivity index (χ0n) is 9.27. The summed E-state index contributed by atoms with van der Waals surface area (Å²) >= 11 is 3.23. The molecule has 0 saturated heterocycles. The van der Waals surface area contributed by atoms with Crippen molar-refractivity contribution in [2.75, 3.05) is 11.4 Å². The molecule has 0 spiro atoms. The minimum Gasteiger partial charge on any atom is -0.366 e. The van der Waals surface area contributed by atoms with E-state index in [1.807, 2.05) is 6.07 Å². The minimum absolute atomic E-state index is 0.0610. The minimum atomic E-state index is -0.176. The second-order valence-corrected chi connectivity index (χ2v) is 5.82. The van der Waals surface area contributed by atoms with Crippen LogP contribution in [0, 0.1) is 5.82 Å². The predicted octanol–water partition coefficient (Wildman–Crippen LogP) is 3.75. The molecule has 3 heteroatoms. The molecule has 1 aliphatic rings. The van der Waals surface area contributed by atoms with Gasteiger partial charge in [-0.05, 0) is 60.8 Å². The van der Waals surface area contributed by atoms with E-state index in [0.29, 0.717) is 4.47 Å². The Morgan fingerprint density at radius 1 is 1.33 bits per heavy atom. The van der Waals surface area contributed by atoms with Gasteiger partial charge in [0.2, 0.25) is 0 Å². The third-order valence-corrected chi connectivity index (χ3v) is 3.43. The molecular formula is C12H15BrFN. The summed E-state index contributed by atoms with van der Waals surface area (Å²) in [5.74, 6) is -0.176. The Hall–Kier alpha value is -0.570. The van der Waals surface area contributed by atoms with E-state index in [9.17, 15) is 4.39 Å². The molecule has 0 N–H and O–H groups in total. The molecule has 0 radical (unpaired) electrons. The van der Waals surface area contributed by atoms with Crippen molar-refractivity contribution in [3.63, 3.8) is 0 Å². The van der Waals surface area contributed by atoms with Gasteiger partial charge in [-0.2, -0.15) is 0 Å². The molecule has 0 amide bonds. The number of hydrogen-bond donors (Lipinski definition) is 0. The van der Waals surface area contributed by atoms with Crippen LogP contribution in [0.25, 0.3) is 0 Å². The van der Waals surface area contributed by atoms with Gasteiger partial charge in [-0.15, -0.1) is 0 Å². The summed E-state index contributed by atoms with van der Waals surface area (Å²) in [5.41, 5.74) is 2.34. The van der Waals surface area contributed by atoms with Crippen molar-refractivity contribution in [3.8, 4) is 0 Å². The predicted molar refractivity (Wildman–Crippen MR) is 64.9 cm³/mol. The van der Waals surface area contributed by atoms with E-state index in [0.717, 1.165) is 18.7 Å². The van der Waals surface area contributed by atoms with Crippen molar-refractivity contribution in [2.24, 2.45) is 0 Å². The standard InChI is InChI=1S/C12H15BrFN/c1-12(2,3)15-5-4-8-6-9(13)10(14)7-11(8)15/h6-7H,4-5H2,1-3H3. The van der Waals surface area contributed by atoms with Gasteiger partial charge >= 0.3 is 0 Å². The summed E-state index contributed by atoms with van der Waals surface area (Å²) in [6.07, 6.45) is 1.01. The Morgan fingerprint density at radius 3 is 2.60 bits per heavy atom. The number of benzene rings is 1. The van der Waals surface area contributed by atoms with Crippen LogP contribution in [0.2, 0.25) is 0 Å². The monoisotopic (exact) mass is 271 g/mol. The van der Waals surface area contributed by atoms with E-state index in [1.165, 1.54) is 5.56 Å². The molecule has 1 aromatic rings. The average Bonchev–Trinajstić information content (AvgIpc) is 2.47. The van der Waals surface area contributed by atoms with Gasteiger partial charge in [0.15, 0.2) is 0 Å². The molecule has 0 saturated carbocycles. The van der Waals surface area contributed by atoms with Crippen molar-refractivity contribution in [2.45, 2.75) is 32.7 Å². The molecule has 0 bridgehead atoms. The SMILES string of the molecule is CC(C)(C)N1CCc2cc(Br)c(F)cc21. The third kappa shape index (κ3) is 1.89. The lowest BCUT2D eigenvalue weighted by Gasteiger charge is -2.34. The Kier molecular flexibility index (Phi) is 2.53. The summed E-state index contributed by atoms with van der Waals surface area (Å²) in [6.45, 7) is 7.45. The van der Waals surface area contributed by atoms with Gasteiger partial charge < -0.3 is 4.90 Å². The van der Waals surface area contributed by atoms with Crippen molar-refractivity contribution >= 4 is 21.6 Å². The van der Waals surface area contributed by atoms with Crippen LogP contribution in [0.1, 0.15) is 26.3 Å². The lowest BCUT2D eigenvalue weighted by Crippen LogP contribution is -2.40. The van der Waals surface area contributed by atoms with E-state index in [4.69, 9.17) is 0 Å². The Balaban J connectivity index is 2.47. The van der Waals surface area contributed by atoms with Crippen LogP contribution in [0.5, 0.6) is 0 Å². The largest absolute Gasteiger partial charge is 0.366 e. The summed E-state index contributed by atoms with van der Waals surface area (Å²) in [5, 5.41) is 0. The molecule has 1 aromatic carbocycles. The second-order valence-electron chi connectivity index (χ2n) is 4.97. The summed E-state index contributed by atoms with van der Waals surface area (Å²) in [7, 11) is 0. The number of nitrogens with zero attached hydrogens (tertiary/aromatic N) is 1. The summed E-state index contributed by atoms with van der Waals surface area (Å²) in [6, 6.07) is 3.54. The van der Waals surface area contributed by atoms with Crippen molar-refractivity contribution in [1.82, 2.24) is 0 Å². The Labute approximate surface area is 98.4 Å². The maximum Gasteiger partial charge on any atom is 0.139 e. The van der Waals surface area contributed by atoms with Crippen molar-refractivity contribution < 1.29 is 4.39 Å². The van der Waals surface area contributed by atoms with E-state index in [-0.39, 0.29) is 11.4 Å². The maximum atomic E-state index is 13.5. The van der Waals surface area contributed by atoms with Gasteiger partial charge in [0, 0.05) is 17.8 Å². The van der Waals surface area contributed by atoms with Crippen LogP contribution in [0.4, 0.5) is 10.1 Å². The molecule has 1 heterocycles. The lowest BCUT2D eigenvalue weighted by atomic mass is 10.1. The number of halogens is 2. The van der Waals surface area contributed by atoms with Crippen LogP contribution < -0.4 is 4.90 Å². The highest BCUT2D eigenvalue weighted by Gasteiger charge is 2.29. The Morgan fingerprint density at radius 2 is 2.00 bits per heavy atom.